The molecule has 2 rings (SSSR count). The molecule has 0 unspecified atom stereocenters. The van der Waals surface area contributed by atoms with E-state index in [0.717, 1.165) is 11.5 Å². The van der Waals surface area contributed by atoms with Gasteiger partial charge in [-0.15, -0.1) is 12.8 Å². The van der Waals surface area contributed by atoms with Gasteiger partial charge in [-0.2, -0.15) is 4.31 Å². The molecule has 0 fully saturated rings. The molecule has 0 heterocycles. The first-order chi connectivity index (χ1) is 20.3. The Labute approximate surface area is 258 Å². The number of nitrogens with zero attached hydrogens (tertiary/aromatic N) is 1. The standard InChI is InChI=1S/C26H38N4O6S.C4H10.C2H2/c1-19(2)17-30(37(34,35)22-12-10-21(36-4)11-13-22)18-24(31)23(14-20-8-6-5-7-9-20)29-26(33)16-28-25(32)15-27-3;1-4(2)3;1-2/h5-13,19,23-24,27,31H,14-18H2,1-4H3,(H,28,32)(H,29,33);4H,1-3H3;1-2H/t23-,24+;;/m0../s1. The second kappa shape index (κ2) is 21.3. The van der Waals surface area contributed by atoms with Gasteiger partial charge in [0.25, 0.3) is 0 Å². The number of hydrogen-bond acceptors (Lipinski definition) is 7. The number of carbonyl (C=O) groups is 2. The number of aliphatic hydroxyl groups excluding tert-OH is 1. The molecule has 0 radical (unpaired) electrons. The summed E-state index contributed by atoms with van der Waals surface area (Å²) in [6.07, 6.45) is 7.06. The van der Waals surface area contributed by atoms with E-state index in [1.54, 1.807) is 19.2 Å². The average Bonchev–Trinajstić information content (AvgIpc) is 2.96. The summed E-state index contributed by atoms with van der Waals surface area (Å²) >= 11 is 0. The summed E-state index contributed by atoms with van der Waals surface area (Å²) in [4.78, 5) is 24.4. The first-order valence-electron chi connectivity index (χ1n) is 14.2. The summed E-state index contributed by atoms with van der Waals surface area (Å²) in [5.74, 6) is 0.524. The lowest BCUT2D eigenvalue weighted by atomic mass is 10.0. The molecular weight excluding hydrogens is 568 g/mol. The number of rotatable bonds is 15. The van der Waals surface area contributed by atoms with Gasteiger partial charge >= 0.3 is 0 Å². The first kappa shape index (κ1) is 39.6. The number of aliphatic hydroxyl groups is 1. The molecule has 4 N–H and O–H groups in total. The number of methoxy groups -OCH3 is 1. The highest BCUT2D eigenvalue weighted by atomic mass is 32.2. The number of ether oxygens (including phenoxy) is 1. The van der Waals surface area contributed by atoms with E-state index in [-0.39, 0.29) is 49.3 Å². The fraction of sp³-hybridized carbons (Fsp3) is 0.500. The van der Waals surface area contributed by atoms with Crippen molar-refractivity contribution in [2.24, 2.45) is 11.8 Å². The van der Waals surface area contributed by atoms with Crippen molar-refractivity contribution in [3.63, 3.8) is 0 Å². The van der Waals surface area contributed by atoms with Crippen LogP contribution in [0.2, 0.25) is 0 Å². The molecule has 2 amide bonds. The van der Waals surface area contributed by atoms with Gasteiger partial charge in [0.05, 0.1) is 37.2 Å². The highest BCUT2D eigenvalue weighted by Crippen LogP contribution is 2.21. The molecule has 240 valence electrons. The van der Waals surface area contributed by atoms with Crippen molar-refractivity contribution in [3.05, 3.63) is 60.2 Å². The summed E-state index contributed by atoms with van der Waals surface area (Å²) in [5, 5.41) is 19.2. The van der Waals surface area contributed by atoms with Crippen molar-refractivity contribution >= 4 is 21.8 Å². The van der Waals surface area contributed by atoms with E-state index >= 15 is 0 Å². The molecule has 0 aliphatic rings. The SMILES string of the molecule is C#C.CC(C)C.CNCC(=O)NCC(=O)N[C@@H](Cc1ccccc1)[C@H](O)CN(CC(C)C)S(=O)(=O)c1ccc(OC)cc1. The largest absolute Gasteiger partial charge is 0.497 e. The van der Waals surface area contributed by atoms with Gasteiger partial charge in [-0.05, 0) is 55.1 Å². The molecule has 0 aliphatic heterocycles. The highest BCUT2D eigenvalue weighted by molar-refractivity contribution is 7.89. The fourth-order valence-electron chi connectivity index (χ4n) is 3.72. The van der Waals surface area contributed by atoms with Crippen molar-refractivity contribution in [2.45, 2.75) is 58.1 Å². The minimum Gasteiger partial charge on any atom is -0.497 e. The summed E-state index contributed by atoms with van der Waals surface area (Å²) in [5.41, 5.74) is 0.861. The maximum atomic E-state index is 13.5. The Bertz CT molecular complexity index is 1180. The normalized spacial score (nSPS) is 12.3. The molecule has 0 bridgehead atoms. The van der Waals surface area contributed by atoms with Gasteiger partial charge in [0.15, 0.2) is 0 Å². The van der Waals surface area contributed by atoms with E-state index in [1.807, 2.05) is 44.2 Å². The Morgan fingerprint density at radius 1 is 0.907 bits per heavy atom. The molecule has 0 aliphatic carbocycles. The van der Waals surface area contributed by atoms with E-state index in [1.165, 1.54) is 23.5 Å². The molecule has 2 aromatic rings. The number of likely N-dealkylation sites (N-methyl/N-ethyl adjacent to an activating group) is 1. The van der Waals surface area contributed by atoms with Gasteiger partial charge in [0.2, 0.25) is 21.8 Å². The van der Waals surface area contributed by atoms with E-state index < -0.39 is 28.1 Å². The van der Waals surface area contributed by atoms with Crippen LogP contribution in [0.1, 0.15) is 40.2 Å². The van der Waals surface area contributed by atoms with Gasteiger partial charge in [-0.25, -0.2) is 8.42 Å². The van der Waals surface area contributed by atoms with Crippen LogP contribution in [0, 0.1) is 24.7 Å². The summed E-state index contributed by atoms with van der Waals surface area (Å²) in [6.45, 7) is 10.0. The third kappa shape index (κ3) is 16.1. The van der Waals surface area contributed by atoms with Crippen molar-refractivity contribution in [1.29, 1.82) is 0 Å². The monoisotopic (exact) mass is 618 g/mol. The number of terminal acetylenes is 1. The van der Waals surface area contributed by atoms with Crippen LogP contribution in [0.4, 0.5) is 0 Å². The number of carbonyl (C=O) groups excluding carboxylic acids is 2. The van der Waals surface area contributed by atoms with E-state index in [4.69, 9.17) is 4.74 Å². The predicted molar refractivity (Wildman–Crippen MR) is 172 cm³/mol. The number of amides is 2. The smallest absolute Gasteiger partial charge is 0.243 e. The molecule has 43 heavy (non-hydrogen) atoms. The maximum absolute atomic E-state index is 13.5. The van der Waals surface area contributed by atoms with Crippen molar-refractivity contribution in [2.75, 3.05) is 40.3 Å². The topological polar surface area (TPSA) is 137 Å². The van der Waals surface area contributed by atoms with Gasteiger partial charge in [0, 0.05) is 13.1 Å². The Morgan fingerprint density at radius 3 is 1.95 bits per heavy atom. The maximum Gasteiger partial charge on any atom is 0.243 e. The van der Waals surface area contributed by atoms with Crippen LogP contribution in [0.5, 0.6) is 5.75 Å². The van der Waals surface area contributed by atoms with Crippen LogP contribution in [0.25, 0.3) is 0 Å². The highest BCUT2D eigenvalue weighted by Gasteiger charge is 2.31. The minimum absolute atomic E-state index is 0.00947. The molecule has 0 saturated heterocycles. The number of nitrogens with one attached hydrogen (secondary N) is 3. The van der Waals surface area contributed by atoms with Crippen LogP contribution in [-0.2, 0) is 26.0 Å². The predicted octanol–water partition coefficient (Wildman–Crippen LogP) is 2.68. The summed E-state index contributed by atoms with van der Waals surface area (Å²) < 4.78 is 33.3. The fourth-order valence-corrected chi connectivity index (χ4v) is 5.34. The van der Waals surface area contributed by atoms with Gasteiger partial charge in [-0.3, -0.25) is 9.59 Å². The molecule has 10 nitrogen and oxygen atoms in total. The quantitative estimate of drug-likeness (QED) is 0.225. The molecular formula is C32H50N4O6S. The van der Waals surface area contributed by atoms with Crippen LogP contribution < -0.4 is 20.7 Å². The van der Waals surface area contributed by atoms with Crippen LogP contribution in [0.15, 0.2) is 59.5 Å². The second-order valence-corrected chi connectivity index (χ2v) is 12.8. The zero-order valence-electron chi connectivity index (χ0n) is 26.5. The third-order valence-corrected chi connectivity index (χ3v) is 7.40. The average molecular weight is 619 g/mol. The summed E-state index contributed by atoms with van der Waals surface area (Å²) in [7, 11) is -0.820. The molecule has 0 saturated carbocycles. The lowest BCUT2D eigenvalue weighted by Crippen LogP contribution is -2.53. The van der Waals surface area contributed by atoms with E-state index in [0.29, 0.717) is 5.75 Å². The van der Waals surface area contributed by atoms with Crippen LogP contribution in [0.3, 0.4) is 0 Å². The molecule has 0 spiro atoms. The number of benzene rings is 2. The van der Waals surface area contributed by atoms with Crippen molar-refractivity contribution in [3.8, 4) is 18.6 Å². The number of hydrogen-bond donors (Lipinski definition) is 4. The zero-order chi connectivity index (χ0) is 33.0. The molecule has 2 atom stereocenters. The molecule has 2 aromatic carbocycles. The lowest BCUT2D eigenvalue weighted by molar-refractivity contribution is -0.126. The summed E-state index contributed by atoms with van der Waals surface area (Å²) in [6, 6.07) is 14.5. The van der Waals surface area contributed by atoms with Gasteiger partial charge < -0.3 is 25.8 Å². The Hall–Kier alpha value is -3.43. The van der Waals surface area contributed by atoms with Crippen LogP contribution in [-0.4, -0.2) is 82.1 Å². The minimum atomic E-state index is -3.94. The Morgan fingerprint density at radius 2 is 1.47 bits per heavy atom. The zero-order valence-corrected chi connectivity index (χ0v) is 27.4. The number of sulfonamides is 1. The van der Waals surface area contributed by atoms with Gasteiger partial charge in [0.1, 0.15) is 5.75 Å². The first-order valence-corrected chi connectivity index (χ1v) is 15.6. The Kier molecular flexibility index (Phi) is 19.6. The molecule has 0 aromatic heterocycles. The van der Waals surface area contributed by atoms with Crippen molar-refractivity contribution in [1.82, 2.24) is 20.3 Å². The second-order valence-electron chi connectivity index (χ2n) is 10.9. The van der Waals surface area contributed by atoms with Gasteiger partial charge in [-0.1, -0.05) is 65.0 Å². The Balaban J connectivity index is 0.00000270. The van der Waals surface area contributed by atoms with E-state index in [9.17, 15) is 23.1 Å². The lowest BCUT2D eigenvalue weighted by Gasteiger charge is -2.31. The van der Waals surface area contributed by atoms with Crippen LogP contribution >= 0.6 is 0 Å². The molecule has 11 heteroatoms. The van der Waals surface area contributed by atoms with E-state index in [2.05, 4.69) is 49.6 Å². The van der Waals surface area contributed by atoms with Crippen molar-refractivity contribution < 1.29 is 27.9 Å². The third-order valence-electron chi connectivity index (χ3n) is 5.55.